The summed E-state index contributed by atoms with van der Waals surface area (Å²) in [6.07, 6.45) is 0. The molecule has 0 fully saturated rings. The van der Waals surface area contributed by atoms with Gasteiger partial charge in [-0.1, -0.05) is 0 Å². The van der Waals surface area contributed by atoms with Crippen molar-refractivity contribution < 1.29 is 13.2 Å². The number of nitrogens with zero attached hydrogens (tertiary/aromatic N) is 2. The number of primary sulfonamides is 1. The monoisotopic (exact) mass is 300 g/mol. The van der Waals surface area contributed by atoms with Crippen molar-refractivity contribution in [2.45, 2.75) is 11.8 Å². The maximum Gasteiger partial charge on any atom is 0.241 e. The third-order valence-electron chi connectivity index (χ3n) is 2.81. The van der Waals surface area contributed by atoms with Crippen molar-refractivity contribution in [3.63, 3.8) is 0 Å². The lowest BCUT2D eigenvalue weighted by Crippen LogP contribution is -2.36. The van der Waals surface area contributed by atoms with Gasteiger partial charge in [0.2, 0.25) is 15.9 Å². The Morgan fingerprint density at radius 2 is 1.85 bits per heavy atom. The van der Waals surface area contributed by atoms with E-state index in [1.165, 1.54) is 17.0 Å². The van der Waals surface area contributed by atoms with E-state index in [-0.39, 0.29) is 23.0 Å². The van der Waals surface area contributed by atoms with Gasteiger partial charge in [-0.15, -0.1) is 0 Å². The number of anilines is 2. The molecule has 112 valence electrons. The number of amides is 1. The minimum Gasteiger partial charge on any atom is -0.399 e. The minimum atomic E-state index is -3.84. The highest BCUT2D eigenvalue weighted by Crippen LogP contribution is 2.23. The van der Waals surface area contributed by atoms with Gasteiger partial charge in [0.25, 0.3) is 0 Å². The van der Waals surface area contributed by atoms with Crippen molar-refractivity contribution in [2.24, 2.45) is 5.14 Å². The van der Waals surface area contributed by atoms with Crippen LogP contribution in [0, 0.1) is 0 Å². The summed E-state index contributed by atoms with van der Waals surface area (Å²) in [7, 11) is -0.520. The van der Waals surface area contributed by atoms with Gasteiger partial charge >= 0.3 is 0 Å². The van der Waals surface area contributed by atoms with E-state index in [0.29, 0.717) is 12.2 Å². The first-order valence-corrected chi connectivity index (χ1v) is 7.58. The van der Waals surface area contributed by atoms with Crippen LogP contribution in [0.15, 0.2) is 23.1 Å². The number of hydrogen-bond acceptors (Lipinski definition) is 5. The van der Waals surface area contributed by atoms with Crippen molar-refractivity contribution in [3.8, 4) is 0 Å². The van der Waals surface area contributed by atoms with Crippen LogP contribution in [-0.4, -0.2) is 46.4 Å². The van der Waals surface area contributed by atoms with Gasteiger partial charge in [-0.3, -0.25) is 4.79 Å². The van der Waals surface area contributed by atoms with E-state index in [4.69, 9.17) is 10.9 Å². The molecule has 0 saturated heterocycles. The zero-order valence-electron chi connectivity index (χ0n) is 11.8. The predicted molar refractivity (Wildman–Crippen MR) is 78.8 cm³/mol. The van der Waals surface area contributed by atoms with E-state index < -0.39 is 10.0 Å². The number of benzene rings is 1. The number of sulfonamides is 1. The van der Waals surface area contributed by atoms with Crippen LogP contribution >= 0.6 is 0 Å². The van der Waals surface area contributed by atoms with Crippen LogP contribution in [0.5, 0.6) is 0 Å². The minimum absolute atomic E-state index is 0.0664. The topological polar surface area (TPSA) is 110 Å². The van der Waals surface area contributed by atoms with E-state index in [1.54, 1.807) is 25.1 Å². The Morgan fingerprint density at radius 1 is 1.25 bits per heavy atom. The summed E-state index contributed by atoms with van der Waals surface area (Å²) in [6.45, 7) is 2.53. The normalized spacial score (nSPS) is 11.2. The molecule has 0 bridgehead atoms. The lowest BCUT2D eigenvalue weighted by atomic mass is 10.2. The van der Waals surface area contributed by atoms with E-state index in [0.717, 1.165) is 0 Å². The van der Waals surface area contributed by atoms with Crippen LogP contribution < -0.4 is 15.8 Å². The summed E-state index contributed by atoms with van der Waals surface area (Å²) in [5.74, 6) is -0.0913. The molecule has 0 aliphatic carbocycles. The largest absolute Gasteiger partial charge is 0.399 e. The van der Waals surface area contributed by atoms with E-state index in [2.05, 4.69) is 0 Å². The van der Waals surface area contributed by atoms with Crippen LogP contribution in [0.2, 0.25) is 0 Å². The molecule has 7 nitrogen and oxygen atoms in total. The fourth-order valence-electron chi connectivity index (χ4n) is 1.64. The van der Waals surface area contributed by atoms with E-state index in [9.17, 15) is 13.2 Å². The molecule has 1 amide bonds. The zero-order valence-corrected chi connectivity index (χ0v) is 12.6. The van der Waals surface area contributed by atoms with Gasteiger partial charge < -0.3 is 15.5 Å². The predicted octanol–water partition coefficient (Wildman–Crippen LogP) is -0.169. The first-order chi connectivity index (χ1) is 9.15. The van der Waals surface area contributed by atoms with Crippen molar-refractivity contribution in [1.82, 2.24) is 4.90 Å². The Balaban J connectivity index is 3.16. The number of carbonyl (C=O) groups is 1. The van der Waals surface area contributed by atoms with Crippen LogP contribution in [0.25, 0.3) is 0 Å². The molecule has 0 spiro atoms. The van der Waals surface area contributed by atoms with Crippen molar-refractivity contribution in [1.29, 1.82) is 0 Å². The molecule has 1 aromatic carbocycles. The highest BCUT2D eigenvalue weighted by Gasteiger charge is 2.15. The van der Waals surface area contributed by atoms with E-state index in [1.807, 2.05) is 6.92 Å². The summed E-state index contributed by atoms with van der Waals surface area (Å²) >= 11 is 0. The summed E-state index contributed by atoms with van der Waals surface area (Å²) in [5.41, 5.74) is 6.52. The van der Waals surface area contributed by atoms with Crippen molar-refractivity contribution in [2.75, 3.05) is 37.8 Å². The Labute approximate surface area is 119 Å². The highest BCUT2D eigenvalue weighted by molar-refractivity contribution is 7.89. The molecule has 0 aliphatic rings. The summed E-state index contributed by atoms with van der Waals surface area (Å²) < 4.78 is 22.8. The summed E-state index contributed by atoms with van der Waals surface area (Å²) in [4.78, 5) is 14.9. The summed E-state index contributed by atoms with van der Waals surface area (Å²) in [6, 6.07) is 4.32. The Kier molecular flexibility index (Phi) is 4.96. The molecule has 4 N–H and O–H groups in total. The third kappa shape index (κ3) is 4.10. The van der Waals surface area contributed by atoms with Gasteiger partial charge in [-0.25, -0.2) is 13.6 Å². The SMILES string of the molecule is CCN(CC(=O)N(C)C)c1cc(N)cc(S(N)(=O)=O)c1. The number of likely N-dealkylation sites (N-methyl/N-ethyl adjacent to an activating group) is 2. The Hall–Kier alpha value is -1.80. The standard InChI is InChI=1S/C12H20N4O3S/c1-4-16(8-12(17)15(2)3)10-5-9(13)6-11(7-10)20(14,18)19/h5-7H,4,8,13H2,1-3H3,(H2,14,18,19). The fraction of sp³-hybridized carbons (Fsp3) is 0.417. The van der Waals surface area contributed by atoms with Gasteiger partial charge in [0, 0.05) is 32.0 Å². The maximum atomic E-state index is 11.8. The molecule has 0 heterocycles. The van der Waals surface area contributed by atoms with Crippen LogP contribution in [0.1, 0.15) is 6.92 Å². The molecule has 1 aromatic rings. The lowest BCUT2D eigenvalue weighted by Gasteiger charge is -2.25. The molecule has 0 unspecified atom stereocenters. The highest BCUT2D eigenvalue weighted by atomic mass is 32.2. The first kappa shape index (κ1) is 16.3. The molecule has 0 atom stereocenters. The Morgan fingerprint density at radius 3 is 2.30 bits per heavy atom. The number of nitrogens with two attached hydrogens (primary N) is 2. The molecular formula is C12H20N4O3S. The molecule has 1 rings (SSSR count). The average Bonchev–Trinajstić information content (AvgIpc) is 2.33. The number of carbonyl (C=O) groups excluding carboxylic acids is 1. The number of rotatable bonds is 5. The maximum absolute atomic E-state index is 11.8. The van der Waals surface area contributed by atoms with Gasteiger partial charge in [-0.2, -0.15) is 0 Å². The van der Waals surface area contributed by atoms with Crippen molar-refractivity contribution >= 4 is 27.3 Å². The van der Waals surface area contributed by atoms with Gasteiger partial charge in [0.05, 0.1) is 11.4 Å². The second-order valence-corrected chi connectivity index (χ2v) is 6.17. The van der Waals surface area contributed by atoms with Crippen molar-refractivity contribution in [3.05, 3.63) is 18.2 Å². The van der Waals surface area contributed by atoms with E-state index >= 15 is 0 Å². The van der Waals surface area contributed by atoms with Gasteiger partial charge in [0.15, 0.2) is 0 Å². The first-order valence-electron chi connectivity index (χ1n) is 6.03. The lowest BCUT2D eigenvalue weighted by molar-refractivity contribution is -0.127. The molecule has 0 aromatic heterocycles. The molecule has 20 heavy (non-hydrogen) atoms. The molecular weight excluding hydrogens is 280 g/mol. The number of nitrogen functional groups attached to an aromatic ring is 1. The second-order valence-electron chi connectivity index (χ2n) is 4.61. The third-order valence-corrected chi connectivity index (χ3v) is 3.71. The molecule has 0 radical (unpaired) electrons. The van der Waals surface area contributed by atoms with Crippen LogP contribution in [0.3, 0.4) is 0 Å². The molecule has 8 heteroatoms. The Bertz CT molecular complexity index is 599. The smallest absolute Gasteiger partial charge is 0.241 e. The molecule has 0 aliphatic heterocycles. The van der Waals surface area contributed by atoms with Gasteiger partial charge in [-0.05, 0) is 25.1 Å². The van der Waals surface area contributed by atoms with Gasteiger partial charge in [0.1, 0.15) is 0 Å². The van der Waals surface area contributed by atoms with Crippen LogP contribution in [0.4, 0.5) is 11.4 Å². The second kappa shape index (κ2) is 6.10. The number of hydrogen-bond donors (Lipinski definition) is 2. The zero-order chi connectivity index (χ0) is 15.5. The van der Waals surface area contributed by atoms with Crippen LogP contribution in [-0.2, 0) is 14.8 Å². The molecule has 0 saturated carbocycles. The fourth-order valence-corrected chi connectivity index (χ4v) is 2.23. The average molecular weight is 300 g/mol. The quantitative estimate of drug-likeness (QED) is 0.734. The summed E-state index contributed by atoms with van der Waals surface area (Å²) in [5, 5.41) is 5.11.